The molecule has 0 radical (unpaired) electrons. The lowest BCUT2D eigenvalue weighted by Gasteiger charge is -2.11. The smallest absolute Gasteiger partial charge is 0.322 e. The number of hydrogen-bond acceptors (Lipinski definition) is 7. The number of ether oxygens (including phenoxy) is 2. The number of nitrogens with zero attached hydrogens (tertiary/aromatic N) is 2. The maximum absolute atomic E-state index is 12.3. The quantitative estimate of drug-likeness (QED) is 0.588. The van der Waals surface area contributed by atoms with Crippen LogP contribution in [0.2, 0.25) is 0 Å². The van der Waals surface area contributed by atoms with E-state index >= 15 is 0 Å². The highest BCUT2D eigenvalue weighted by molar-refractivity contribution is 6.08. The minimum absolute atomic E-state index is 0.134. The van der Waals surface area contributed by atoms with Crippen LogP contribution < -0.4 is 14.8 Å². The van der Waals surface area contributed by atoms with Gasteiger partial charge in [-0.3, -0.25) is 14.6 Å². The lowest BCUT2D eigenvalue weighted by molar-refractivity contribution is -0.135. The van der Waals surface area contributed by atoms with E-state index in [0.29, 0.717) is 22.7 Å². The number of carbonyl (C=O) groups excluding carboxylic acids is 1. The van der Waals surface area contributed by atoms with E-state index < -0.39 is 18.4 Å². The lowest BCUT2D eigenvalue weighted by atomic mass is 10.1. The number of aromatic hydroxyl groups is 1. The van der Waals surface area contributed by atoms with E-state index in [4.69, 9.17) is 14.6 Å². The number of carboxylic acid groups (broad SMARTS) is 1. The number of benzene rings is 2. The zero-order valence-electron chi connectivity index (χ0n) is 15.1. The fourth-order valence-electron chi connectivity index (χ4n) is 2.68. The molecule has 0 spiro atoms. The Labute approximate surface area is 159 Å². The highest BCUT2D eigenvalue weighted by atomic mass is 16.5. The molecule has 0 fully saturated rings. The molecular formula is C19H17N3O6. The molecule has 0 saturated heterocycles. The Kier molecular flexibility index (Phi) is 5.25. The van der Waals surface area contributed by atoms with Crippen LogP contribution in [0, 0.1) is 0 Å². The average molecular weight is 383 g/mol. The van der Waals surface area contributed by atoms with Gasteiger partial charge >= 0.3 is 5.97 Å². The van der Waals surface area contributed by atoms with Gasteiger partial charge in [0, 0.05) is 5.56 Å². The van der Waals surface area contributed by atoms with Gasteiger partial charge in [-0.25, -0.2) is 4.98 Å². The van der Waals surface area contributed by atoms with Crippen molar-refractivity contribution in [1.82, 2.24) is 15.3 Å². The summed E-state index contributed by atoms with van der Waals surface area (Å²) >= 11 is 0. The summed E-state index contributed by atoms with van der Waals surface area (Å²) in [4.78, 5) is 31.7. The highest BCUT2D eigenvalue weighted by Gasteiger charge is 2.18. The first-order valence-electron chi connectivity index (χ1n) is 8.15. The molecule has 3 N–H and O–H groups in total. The molecule has 28 heavy (non-hydrogen) atoms. The number of amides is 1. The molecule has 144 valence electrons. The average Bonchev–Trinajstić information content (AvgIpc) is 2.71. The maximum Gasteiger partial charge on any atom is 0.322 e. The number of carboxylic acids is 1. The number of hydrogen-bond donors (Lipinski definition) is 3. The van der Waals surface area contributed by atoms with Crippen LogP contribution in [0.5, 0.6) is 17.2 Å². The second kappa shape index (κ2) is 7.78. The van der Waals surface area contributed by atoms with Gasteiger partial charge in [0.2, 0.25) is 0 Å². The zero-order valence-corrected chi connectivity index (χ0v) is 15.1. The van der Waals surface area contributed by atoms with Crippen LogP contribution in [0.4, 0.5) is 0 Å². The minimum atomic E-state index is -1.20. The molecule has 9 nitrogen and oxygen atoms in total. The number of phenolic OH excluding ortho intramolecular Hbond substituents is 1. The van der Waals surface area contributed by atoms with E-state index in [1.807, 2.05) is 0 Å². The monoisotopic (exact) mass is 383 g/mol. The van der Waals surface area contributed by atoms with Crippen LogP contribution >= 0.6 is 0 Å². The predicted octanol–water partition coefficient (Wildman–Crippen LogP) is 1.83. The summed E-state index contributed by atoms with van der Waals surface area (Å²) in [5.74, 6) is -1.17. The van der Waals surface area contributed by atoms with Gasteiger partial charge in [0.1, 0.15) is 23.4 Å². The van der Waals surface area contributed by atoms with Crippen molar-refractivity contribution < 1.29 is 29.3 Å². The van der Waals surface area contributed by atoms with E-state index in [1.165, 1.54) is 32.5 Å². The van der Waals surface area contributed by atoms with Crippen LogP contribution in [0.25, 0.3) is 22.3 Å². The van der Waals surface area contributed by atoms with E-state index in [1.54, 1.807) is 18.2 Å². The topological polar surface area (TPSA) is 131 Å². The van der Waals surface area contributed by atoms with Gasteiger partial charge in [0.15, 0.2) is 11.5 Å². The van der Waals surface area contributed by atoms with Gasteiger partial charge in [0.25, 0.3) is 5.91 Å². The van der Waals surface area contributed by atoms with E-state index in [9.17, 15) is 14.7 Å². The summed E-state index contributed by atoms with van der Waals surface area (Å²) in [6.45, 7) is -0.578. The van der Waals surface area contributed by atoms with Gasteiger partial charge in [-0.2, -0.15) is 0 Å². The molecule has 9 heteroatoms. The number of methoxy groups -OCH3 is 2. The third-order valence-corrected chi connectivity index (χ3v) is 4.00. The van der Waals surface area contributed by atoms with Gasteiger partial charge in [-0.15, -0.1) is 0 Å². The van der Waals surface area contributed by atoms with Crippen molar-refractivity contribution in [2.45, 2.75) is 0 Å². The van der Waals surface area contributed by atoms with Gasteiger partial charge in [-0.1, -0.05) is 0 Å². The van der Waals surface area contributed by atoms with Crippen molar-refractivity contribution in [2.24, 2.45) is 0 Å². The first-order chi connectivity index (χ1) is 13.4. The summed E-state index contributed by atoms with van der Waals surface area (Å²) in [5.41, 5.74) is 1.64. The summed E-state index contributed by atoms with van der Waals surface area (Å²) in [7, 11) is 3.06. The Bertz CT molecular complexity index is 1070. The molecule has 1 heterocycles. The Hall–Kier alpha value is -3.88. The number of phenols is 1. The first-order valence-corrected chi connectivity index (χ1v) is 8.15. The van der Waals surface area contributed by atoms with Crippen LogP contribution in [0.15, 0.2) is 36.5 Å². The number of aromatic nitrogens is 2. The fourth-order valence-corrected chi connectivity index (χ4v) is 2.68. The standard InChI is InChI=1S/C19H17N3O6/c1-27-14-6-3-10(7-15(14)28-2)12-8-20-18-11(22-12)4-5-13(23)17(18)19(26)21-9-16(24)25/h3-8,23H,9H2,1-2H3,(H,21,26)(H,24,25). The summed E-state index contributed by atoms with van der Waals surface area (Å²) < 4.78 is 10.5. The maximum atomic E-state index is 12.3. The molecule has 2 aromatic carbocycles. The summed E-state index contributed by atoms with van der Waals surface area (Å²) in [5, 5.41) is 21.0. The number of nitrogens with one attached hydrogen (secondary N) is 1. The third kappa shape index (κ3) is 3.63. The van der Waals surface area contributed by atoms with E-state index in [-0.39, 0.29) is 16.8 Å². The molecule has 0 aliphatic rings. The zero-order chi connectivity index (χ0) is 20.3. The van der Waals surface area contributed by atoms with Gasteiger partial charge < -0.3 is 25.0 Å². The Morgan fingerprint density at radius 3 is 2.54 bits per heavy atom. The molecular weight excluding hydrogens is 366 g/mol. The van der Waals surface area contributed by atoms with Crippen LogP contribution in [0.1, 0.15) is 10.4 Å². The largest absolute Gasteiger partial charge is 0.507 e. The Morgan fingerprint density at radius 1 is 1.11 bits per heavy atom. The number of aliphatic carboxylic acids is 1. The lowest BCUT2D eigenvalue weighted by Crippen LogP contribution is -2.29. The second-order valence-corrected chi connectivity index (χ2v) is 5.73. The molecule has 0 aliphatic heterocycles. The van der Waals surface area contributed by atoms with Crippen molar-refractivity contribution >= 4 is 22.9 Å². The van der Waals surface area contributed by atoms with Crippen molar-refractivity contribution in [3.05, 3.63) is 42.1 Å². The van der Waals surface area contributed by atoms with Gasteiger partial charge in [0.05, 0.1) is 31.6 Å². The number of rotatable bonds is 6. The van der Waals surface area contributed by atoms with Crippen molar-refractivity contribution in [3.8, 4) is 28.5 Å². The fraction of sp³-hybridized carbons (Fsp3) is 0.158. The molecule has 1 aromatic heterocycles. The molecule has 0 bridgehead atoms. The van der Waals surface area contributed by atoms with E-state index in [0.717, 1.165) is 5.56 Å². The first kappa shape index (κ1) is 18.9. The molecule has 3 rings (SSSR count). The van der Waals surface area contributed by atoms with Crippen LogP contribution in [-0.2, 0) is 4.79 Å². The Morgan fingerprint density at radius 2 is 1.86 bits per heavy atom. The normalized spacial score (nSPS) is 10.5. The van der Waals surface area contributed by atoms with Crippen molar-refractivity contribution in [1.29, 1.82) is 0 Å². The number of fused-ring (bicyclic) bond motifs is 1. The van der Waals surface area contributed by atoms with Gasteiger partial charge in [-0.05, 0) is 30.3 Å². The number of carbonyl (C=O) groups is 2. The minimum Gasteiger partial charge on any atom is -0.507 e. The second-order valence-electron chi connectivity index (χ2n) is 5.73. The Balaban J connectivity index is 2.04. The van der Waals surface area contributed by atoms with E-state index in [2.05, 4.69) is 15.3 Å². The van der Waals surface area contributed by atoms with Crippen LogP contribution in [-0.4, -0.2) is 52.8 Å². The van der Waals surface area contributed by atoms with Crippen molar-refractivity contribution in [3.63, 3.8) is 0 Å². The summed E-state index contributed by atoms with van der Waals surface area (Å²) in [6, 6.07) is 8.11. The molecule has 0 unspecified atom stereocenters. The molecule has 0 atom stereocenters. The highest BCUT2D eigenvalue weighted by Crippen LogP contribution is 2.32. The molecule has 1 amide bonds. The van der Waals surface area contributed by atoms with Crippen LogP contribution in [0.3, 0.4) is 0 Å². The predicted molar refractivity (Wildman–Crippen MR) is 99.7 cm³/mol. The molecule has 0 saturated carbocycles. The third-order valence-electron chi connectivity index (χ3n) is 4.00. The molecule has 3 aromatic rings. The summed E-state index contributed by atoms with van der Waals surface area (Å²) in [6.07, 6.45) is 1.46. The van der Waals surface area contributed by atoms with Crippen molar-refractivity contribution in [2.75, 3.05) is 20.8 Å². The SMILES string of the molecule is COc1ccc(-c2cnc3c(C(=O)NCC(=O)O)c(O)ccc3n2)cc1OC. The molecule has 0 aliphatic carbocycles.